The number of rotatable bonds is 8. The van der Waals surface area contributed by atoms with E-state index in [1.54, 1.807) is 24.5 Å². The molecule has 0 unspecified atom stereocenters. The summed E-state index contributed by atoms with van der Waals surface area (Å²) in [5.74, 6) is 0.0797. The van der Waals surface area contributed by atoms with E-state index in [1.807, 2.05) is 73.5 Å². The number of thioether (sulfide) groups is 1. The molecule has 0 amide bonds. The minimum absolute atomic E-state index is 0.0380. The molecular formula is C30H27NO5S2. The van der Waals surface area contributed by atoms with Crippen molar-refractivity contribution in [2.75, 3.05) is 25.5 Å². The van der Waals surface area contributed by atoms with Gasteiger partial charge < -0.3 is 14.4 Å². The number of fused-ring (bicyclic) bond motifs is 2. The van der Waals surface area contributed by atoms with E-state index in [4.69, 9.17) is 9.47 Å². The van der Waals surface area contributed by atoms with E-state index in [0.717, 1.165) is 14.3 Å². The molecular weight excluding hydrogens is 518 g/mol. The lowest BCUT2D eigenvalue weighted by Crippen LogP contribution is -2.49. The summed E-state index contributed by atoms with van der Waals surface area (Å²) in [6.45, 7) is 5.24. The van der Waals surface area contributed by atoms with Crippen LogP contribution in [0.1, 0.15) is 34.6 Å². The van der Waals surface area contributed by atoms with Gasteiger partial charge in [0.1, 0.15) is 13.2 Å². The highest BCUT2D eigenvalue weighted by Crippen LogP contribution is 2.28. The summed E-state index contributed by atoms with van der Waals surface area (Å²) in [5.41, 5.74) is 0.101. The Hall–Kier alpha value is -3.62. The molecule has 0 bridgehead atoms. The van der Waals surface area contributed by atoms with Gasteiger partial charge in [-0.2, -0.15) is 0 Å². The summed E-state index contributed by atoms with van der Waals surface area (Å²) in [5, 5.41) is 1.01. The van der Waals surface area contributed by atoms with Gasteiger partial charge in [0.15, 0.2) is 11.2 Å². The first-order valence-corrected chi connectivity index (χ1v) is 14.1. The molecule has 0 spiro atoms. The quantitative estimate of drug-likeness (QED) is 0.0867. The number of carbonyl (C=O) groups is 2. The average Bonchev–Trinajstić information content (AvgIpc) is 2.95. The Labute approximate surface area is 228 Å². The molecule has 1 aliphatic rings. The van der Waals surface area contributed by atoms with Crippen molar-refractivity contribution in [3.63, 3.8) is 0 Å². The van der Waals surface area contributed by atoms with Crippen LogP contribution in [0.25, 0.3) is 20.2 Å². The van der Waals surface area contributed by atoms with Gasteiger partial charge in [-0.3, -0.25) is 9.59 Å². The Balaban J connectivity index is 1.20. The van der Waals surface area contributed by atoms with E-state index >= 15 is 0 Å². The fourth-order valence-electron chi connectivity index (χ4n) is 4.45. The first-order valence-electron chi connectivity index (χ1n) is 12.3. The third kappa shape index (κ3) is 5.19. The van der Waals surface area contributed by atoms with Gasteiger partial charge in [0.25, 0.3) is 0 Å². The van der Waals surface area contributed by atoms with Crippen LogP contribution >= 0.6 is 23.1 Å². The molecule has 0 aliphatic carbocycles. The van der Waals surface area contributed by atoms with Crippen molar-refractivity contribution < 1.29 is 19.1 Å². The molecule has 0 N–H and O–H groups in total. The van der Waals surface area contributed by atoms with Gasteiger partial charge in [0, 0.05) is 37.2 Å². The summed E-state index contributed by atoms with van der Waals surface area (Å²) >= 11 is 3.02. The Morgan fingerprint density at radius 2 is 1.79 bits per heavy atom. The van der Waals surface area contributed by atoms with Crippen LogP contribution in [0.2, 0.25) is 0 Å². The van der Waals surface area contributed by atoms with Crippen LogP contribution < -0.4 is 5.43 Å². The number of hydrogen-bond acceptors (Lipinski definition) is 8. The Morgan fingerprint density at radius 3 is 2.55 bits per heavy atom. The van der Waals surface area contributed by atoms with Crippen molar-refractivity contribution >= 4 is 55.0 Å². The lowest BCUT2D eigenvalue weighted by atomic mass is 9.91. The molecule has 6 nitrogen and oxygen atoms in total. The van der Waals surface area contributed by atoms with E-state index in [-0.39, 0.29) is 17.8 Å². The van der Waals surface area contributed by atoms with E-state index in [1.165, 1.54) is 23.1 Å². The zero-order valence-electron chi connectivity index (χ0n) is 21.1. The summed E-state index contributed by atoms with van der Waals surface area (Å²) in [6, 6.07) is 20.2. The Kier molecular flexibility index (Phi) is 7.53. The number of esters is 1. The lowest BCUT2D eigenvalue weighted by molar-refractivity contribution is 0.0532. The minimum atomic E-state index is -0.679. The van der Waals surface area contributed by atoms with Crippen LogP contribution in [0.3, 0.4) is 0 Å². The molecule has 8 heteroatoms. The maximum absolute atomic E-state index is 13.1. The van der Waals surface area contributed by atoms with Crippen LogP contribution in [0.5, 0.6) is 0 Å². The summed E-state index contributed by atoms with van der Waals surface area (Å²) in [6.07, 6.45) is 3.43. The number of carbonyl (C=O) groups excluding carboxylic acids is 2. The number of ketones is 1. The highest BCUT2D eigenvalue weighted by molar-refractivity contribution is 7.99. The van der Waals surface area contributed by atoms with Gasteiger partial charge in [-0.15, -0.1) is 23.1 Å². The van der Waals surface area contributed by atoms with E-state index < -0.39 is 11.5 Å². The molecule has 2 heterocycles. The molecule has 1 aromatic heterocycles. The second kappa shape index (κ2) is 11.0. The van der Waals surface area contributed by atoms with Crippen LogP contribution in [-0.4, -0.2) is 47.7 Å². The van der Waals surface area contributed by atoms with Crippen LogP contribution in [0, 0.1) is 0 Å². The molecule has 0 atom stereocenters. The maximum Gasteiger partial charge on any atom is 0.338 e. The van der Waals surface area contributed by atoms with Crippen molar-refractivity contribution in [1.29, 1.82) is 0 Å². The molecule has 0 saturated carbocycles. The summed E-state index contributed by atoms with van der Waals surface area (Å²) in [4.78, 5) is 42.1. The van der Waals surface area contributed by atoms with Gasteiger partial charge in [0.05, 0.1) is 29.3 Å². The molecule has 4 aromatic rings. The molecule has 0 radical (unpaired) electrons. The van der Waals surface area contributed by atoms with Crippen molar-refractivity contribution in [1.82, 2.24) is 4.90 Å². The van der Waals surface area contributed by atoms with E-state index in [0.29, 0.717) is 40.8 Å². The normalized spacial score (nSPS) is 13.5. The lowest BCUT2D eigenvalue weighted by Gasteiger charge is -2.38. The van der Waals surface area contributed by atoms with Crippen LogP contribution in [0.4, 0.5) is 0 Å². The minimum Gasteiger partial charge on any atom is -0.498 e. The molecule has 0 fully saturated rings. The zero-order valence-corrected chi connectivity index (χ0v) is 22.8. The van der Waals surface area contributed by atoms with Gasteiger partial charge in [0.2, 0.25) is 0 Å². The zero-order chi connectivity index (χ0) is 26.7. The predicted molar refractivity (Wildman–Crippen MR) is 153 cm³/mol. The first kappa shape index (κ1) is 26.0. The third-order valence-electron chi connectivity index (χ3n) is 6.59. The second-order valence-corrected chi connectivity index (χ2v) is 11.6. The van der Waals surface area contributed by atoms with Gasteiger partial charge >= 0.3 is 5.97 Å². The fourth-order valence-corrected chi connectivity index (χ4v) is 6.29. The van der Waals surface area contributed by atoms with Crippen molar-refractivity contribution in [3.05, 3.63) is 101 Å². The highest BCUT2D eigenvalue weighted by atomic mass is 32.2. The smallest absolute Gasteiger partial charge is 0.338 e. The summed E-state index contributed by atoms with van der Waals surface area (Å²) in [7, 11) is 0. The third-order valence-corrected chi connectivity index (χ3v) is 8.70. The molecule has 3 aromatic carbocycles. The number of ether oxygens (including phenoxy) is 2. The molecule has 0 saturated heterocycles. The van der Waals surface area contributed by atoms with Crippen LogP contribution in [0.15, 0.2) is 88.9 Å². The molecule has 1 aliphatic heterocycles. The van der Waals surface area contributed by atoms with Crippen molar-refractivity contribution in [2.24, 2.45) is 0 Å². The number of benzene rings is 3. The topological polar surface area (TPSA) is 72.9 Å². The van der Waals surface area contributed by atoms with Gasteiger partial charge in [-0.05, 0) is 50.2 Å². The molecule has 194 valence electrons. The average molecular weight is 546 g/mol. The number of hydrogen-bond donors (Lipinski definition) is 0. The molecule has 5 rings (SSSR count). The monoisotopic (exact) mass is 545 g/mol. The maximum atomic E-state index is 13.1. The highest BCUT2D eigenvalue weighted by Gasteiger charge is 2.34. The number of nitrogens with zero attached hydrogens (tertiary/aromatic N) is 1. The largest absolute Gasteiger partial charge is 0.498 e. The Morgan fingerprint density at radius 1 is 1.03 bits per heavy atom. The predicted octanol–water partition coefficient (Wildman–Crippen LogP) is 6.13. The van der Waals surface area contributed by atoms with E-state index in [9.17, 15) is 14.4 Å². The van der Waals surface area contributed by atoms with Crippen molar-refractivity contribution in [2.45, 2.75) is 24.3 Å². The number of Topliss-reactive ketones (excluding diaryl/α,β-unsaturated/α-hetero) is 1. The SMILES string of the molecule is CC(C)(C(=O)c1ccc(SCCOC(=O)c2cccc3sc4ccccc4c(=O)c23)cc1)N1C=COCC1. The van der Waals surface area contributed by atoms with Crippen LogP contribution in [-0.2, 0) is 9.47 Å². The van der Waals surface area contributed by atoms with Gasteiger partial charge in [-0.25, -0.2) is 4.79 Å². The second-order valence-electron chi connectivity index (χ2n) is 9.35. The van der Waals surface area contributed by atoms with Crippen molar-refractivity contribution in [3.8, 4) is 0 Å². The Bertz CT molecular complexity index is 1590. The fraction of sp³-hybridized carbons (Fsp3) is 0.233. The van der Waals surface area contributed by atoms with E-state index in [2.05, 4.69) is 0 Å². The molecule has 38 heavy (non-hydrogen) atoms. The standard InChI is InChI=1S/C30H27NO5S2/c1-30(2,31-14-16-35-17-15-31)28(33)20-10-12-21(13-11-20)37-19-18-36-29(34)23-7-5-9-25-26(23)27(32)22-6-3-4-8-24(22)38-25/h3-14,16H,15,17-19H2,1-2H3. The first-order chi connectivity index (χ1) is 18.4. The summed E-state index contributed by atoms with van der Waals surface area (Å²) < 4.78 is 12.4. The van der Waals surface area contributed by atoms with Gasteiger partial charge in [-0.1, -0.05) is 30.3 Å².